The lowest BCUT2D eigenvalue weighted by atomic mass is 10.2. The summed E-state index contributed by atoms with van der Waals surface area (Å²) in [5.74, 6) is 0.360. The number of halogens is 7. The average molecular weight is 554 g/mol. The number of ether oxygens (including phenoxy) is 1. The lowest BCUT2D eigenvalue weighted by Gasteiger charge is -2.13. The van der Waals surface area contributed by atoms with Crippen LogP contribution in [-0.2, 0) is 18.9 Å². The van der Waals surface area contributed by atoms with Gasteiger partial charge in [0.25, 0.3) is 0 Å². The van der Waals surface area contributed by atoms with Crippen LogP contribution in [0.5, 0.6) is 5.75 Å². The Bertz CT molecular complexity index is 809. The van der Waals surface area contributed by atoms with Gasteiger partial charge in [-0.3, -0.25) is 4.99 Å². The smallest absolute Gasteiger partial charge is 0.434 e. The van der Waals surface area contributed by atoms with Crippen molar-refractivity contribution in [3.05, 3.63) is 45.9 Å². The molecule has 1 aromatic carbocycles. The molecule has 0 saturated carbocycles. The fourth-order valence-electron chi connectivity index (χ4n) is 2.00. The Labute approximate surface area is 183 Å². The van der Waals surface area contributed by atoms with Crippen LogP contribution in [0.15, 0.2) is 34.6 Å². The number of hydrogen-bond acceptors (Lipinski definition) is 4. The molecule has 2 aromatic rings. The van der Waals surface area contributed by atoms with Crippen LogP contribution in [0.25, 0.3) is 0 Å². The van der Waals surface area contributed by atoms with Crippen molar-refractivity contribution in [3.63, 3.8) is 0 Å². The van der Waals surface area contributed by atoms with Gasteiger partial charge in [-0.1, -0.05) is 6.07 Å². The third-order valence-corrected chi connectivity index (χ3v) is 4.15. The van der Waals surface area contributed by atoms with Crippen LogP contribution in [0.2, 0.25) is 0 Å². The molecule has 0 radical (unpaired) electrons. The number of thiazole rings is 1. The van der Waals surface area contributed by atoms with Crippen LogP contribution in [-0.4, -0.2) is 31.1 Å². The largest absolute Gasteiger partial charge is 0.492 e. The second-order valence-electron chi connectivity index (χ2n) is 5.35. The maximum absolute atomic E-state index is 12.6. The zero-order valence-electron chi connectivity index (χ0n) is 14.9. The van der Waals surface area contributed by atoms with E-state index < -0.39 is 23.6 Å². The first-order chi connectivity index (χ1) is 13.1. The average Bonchev–Trinajstić information content (AvgIpc) is 3.10. The lowest BCUT2D eigenvalue weighted by molar-refractivity contribution is -0.141. The van der Waals surface area contributed by atoms with E-state index in [0.29, 0.717) is 0 Å². The van der Waals surface area contributed by atoms with Crippen molar-refractivity contribution >= 4 is 41.3 Å². The molecule has 0 unspecified atom stereocenters. The molecule has 2 N–H and O–H groups in total. The molecule has 0 aliphatic rings. The molecule has 13 heteroatoms. The normalized spacial score (nSPS) is 12.3. The number of guanidine groups is 1. The Balaban J connectivity index is 0.00000420. The molecular formula is C16H17F6IN4OS. The van der Waals surface area contributed by atoms with Gasteiger partial charge in [0.1, 0.15) is 17.4 Å². The molecule has 2 rings (SSSR count). The van der Waals surface area contributed by atoms with Gasteiger partial charge in [-0.2, -0.15) is 26.3 Å². The number of nitrogens with zero attached hydrogens (tertiary/aromatic N) is 2. The maximum Gasteiger partial charge on any atom is 0.434 e. The van der Waals surface area contributed by atoms with Gasteiger partial charge in [-0.25, -0.2) is 4.98 Å². The molecule has 162 valence electrons. The van der Waals surface area contributed by atoms with Gasteiger partial charge in [-0.05, 0) is 18.2 Å². The van der Waals surface area contributed by atoms with Crippen LogP contribution < -0.4 is 15.4 Å². The molecule has 1 aromatic heterocycles. The van der Waals surface area contributed by atoms with Gasteiger partial charge in [-0.15, -0.1) is 35.3 Å². The molecule has 0 aliphatic carbocycles. The summed E-state index contributed by atoms with van der Waals surface area (Å²) in [6, 6.07) is 4.49. The number of benzene rings is 1. The summed E-state index contributed by atoms with van der Waals surface area (Å²) >= 11 is 0.865. The predicted octanol–water partition coefficient (Wildman–Crippen LogP) is 4.54. The number of aliphatic imine (C=N–C) groups is 1. The van der Waals surface area contributed by atoms with E-state index in [-0.39, 0.29) is 60.4 Å². The van der Waals surface area contributed by atoms with Gasteiger partial charge >= 0.3 is 12.4 Å². The standard InChI is InChI=1S/C16H16F6N4OS.HI/c1-23-14(25-8-13-26-12(9-28-13)16(20,21)22)24-5-6-27-11-4-2-3-10(7-11)15(17,18)19;/h2-4,7,9H,5-6,8H2,1H3,(H2,23,24,25);1H. The molecule has 1 heterocycles. The van der Waals surface area contributed by atoms with Crippen LogP contribution in [0, 0.1) is 0 Å². The van der Waals surface area contributed by atoms with Crippen molar-refractivity contribution in [1.82, 2.24) is 15.6 Å². The Morgan fingerprint density at radius 3 is 2.45 bits per heavy atom. The van der Waals surface area contributed by atoms with Crippen LogP contribution in [0.4, 0.5) is 26.3 Å². The molecule has 5 nitrogen and oxygen atoms in total. The highest BCUT2D eigenvalue weighted by Gasteiger charge is 2.33. The first-order valence-electron chi connectivity index (χ1n) is 7.86. The number of alkyl halides is 6. The summed E-state index contributed by atoms with van der Waals surface area (Å²) in [6.45, 7) is 0.300. The first kappa shape index (κ1) is 25.3. The minimum absolute atomic E-state index is 0. The fraction of sp³-hybridized carbons (Fsp3) is 0.375. The predicted molar refractivity (Wildman–Crippen MR) is 108 cm³/mol. The van der Waals surface area contributed by atoms with Gasteiger partial charge in [0.15, 0.2) is 11.7 Å². The quantitative estimate of drug-likeness (QED) is 0.181. The highest BCUT2D eigenvalue weighted by atomic mass is 127. The summed E-state index contributed by atoms with van der Waals surface area (Å²) in [5, 5.41) is 6.79. The van der Waals surface area contributed by atoms with Crippen molar-refractivity contribution in [1.29, 1.82) is 0 Å². The van der Waals surface area contributed by atoms with Crippen molar-refractivity contribution in [2.75, 3.05) is 20.2 Å². The lowest BCUT2D eigenvalue weighted by Crippen LogP contribution is -2.38. The molecule has 0 saturated heterocycles. The Hall–Kier alpha value is -1.77. The van der Waals surface area contributed by atoms with Crippen LogP contribution in [0.3, 0.4) is 0 Å². The number of aromatic nitrogens is 1. The van der Waals surface area contributed by atoms with E-state index in [1.807, 2.05) is 0 Å². The number of rotatable bonds is 6. The van der Waals surface area contributed by atoms with Gasteiger partial charge < -0.3 is 15.4 Å². The molecule has 0 amide bonds. The van der Waals surface area contributed by atoms with E-state index in [1.165, 1.54) is 19.2 Å². The minimum atomic E-state index is -4.49. The van der Waals surface area contributed by atoms with Crippen molar-refractivity contribution < 1.29 is 31.1 Å². The van der Waals surface area contributed by atoms with E-state index in [0.717, 1.165) is 28.8 Å². The van der Waals surface area contributed by atoms with Crippen LogP contribution >= 0.6 is 35.3 Å². The second kappa shape index (κ2) is 10.8. The number of nitrogens with one attached hydrogen (secondary N) is 2. The van der Waals surface area contributed by atoms with E-state index in [9.17, 15) is 26.3 Å². The summed E-state index contributed by atoms with van der Waals surface area (Å²) in [6.07, 6.45) is -8.94. The molecule has 0 atom stereocenters. The Morgan fingerprint density at radius 2 is 1.86 bits per heavy atom. The highest BCUT2D eigenvalue weighted by Crippen LogP contribution is 2.31. The second-order valence-corrected chi connectivity index (χ2v) is 6.29. The summed E-state index contributed by atoms with van der Waals surface area (Å²) in [4.78, 5) is 7.38. The maximum atomic E-state index is 12.6. The molecule has 0 aliphatic heterocycles. The van der Waals surface area contributed by atoms with Gasteiger partial charge in [0.05, 0.1) is 18.7 Å². The number of hydrogen-bond donors (Lipinski definition) is 2. The SMILES string of the molecule is CN=C(NCCOc1cccc(C(F)(F)F)c1)NCc1nc(C(F)(F)F)cs1.I. The molecule has 29 heavy (non-hydrogen) atoms. The fourth-order valence-corrected chi connectivity index (χ4v) is 2.74. The van der Waals surface area contributed by atoms with Gasteiger partial charge in [0.2, 0.25) is 0 Å². The molecular weight excluding hydrogens is 537 g/mol. The zero-order valence-corrected chi connectivity index (χ0v) is 18.0. The topological polar surface area (TPSA) is 58.5 Å². The highest BCUT2D eigenvalue weighted by molar-refractivity contribution is 14.0. The Morgan fingerprint density at radius 1 is 1.14 bits per heavy atom. The van der Waals surface area contributed by atoms with Gasteiger partial charge in [0, 0.05) is 12.4 Å². The molecule has 0 spiro atoms. The summed E-state index contributed by atoms with van der Waals surface area (Å²) in [5.41, 5.74) is -1.76. The first-order valence-corrected chi connectivity index (χ1v) is 8.73. The Kier molecular flexibility index (Phi) is 9.45. The van der Waals surface area contributed by atoms with Crippen molar-refractivity contribution in [3.8, 4) is 5.75 Å². The van der Waals surface area contributed by atoms with E-state index in [2.05, 4.69) is 20.6 Å². The van der Waals surface area contributed by atoms with Crippen molar-refractivity contribution in [2.24, 2.45) is 4.99 Å². The third-order valence-electron chi connectivity index (χ3n) is 3.30. The monoisotopic (exact) mass is 554 g/mol. The van der Waals surface area contributed by atoms with E-state index in [1.54, 1.807) is 0 Å². The van der Waals surface area contributed by atoms with E-state index in [4.69, 9.17) is 4.74 Å². The molecule has 0 fully saturated rings. The van der Waals surface area contributed by atoms with E-state index >= 15 is 0 Å². The van der Waals surface area contributed by atoms with Crippen molar-refractivity contribution in [2.45, 2.75) is 18.9 Å². The van der Waals surface area contributed by atoms with Crippen LogP contribution in [0.1, 0.15) is 16.3 Å². The minimum Gasteiger partial charge on any atom is -0.492 e. The summed E-state index contributed by atoms with van der Waals surface area (Å²) in [7, 11) is 1.46. The molecule has 0 bridgehead atoms. The summed E-state index contributed by atoms with van der Waals surface area (Å²) < 4.78 is 80.7. The third kappa shape index (κ3) is 8.24. The zero-order chi connectivity index (χ0) is 20.8.